The van der Waals surface area contributed by atoms with Gasteiger partial charge in [0.05, 0.1) is 23.7 Å². The van der Waals surface area contributed by atoms with E-state index < -0.39 is 10.0 Å². The topological polar surface area (TPSA) is 103 Å². The summed E-state index contributed by atoms with van der Waals surface area (Å²) in [6.45, 7) is 5.90. The van der Waals surface area contributed by atoms with E-state index in [1.807, 2.05) is 26.0 Å². The molecule has 1 fully saturated rings. The van der Waals surface area contributed by atoms with Crippen molar-refractivity contribution >= 4 is 50.5 Å². The van der Waals surface area contributed by atoms with E-state index in [1.165, 1.54) is 26.4 Å². The number of nitrogens with one attached hydrogen (secondary N) is 2. The van der Waals surface area contributed by atoms with E-state index in [9.17, 15) is 8.42 Å². The lowest BCUT2D eigenvalue weighted by atomic mass is 10.2. The first-order valence-corrected chi connectivity index (χ1v) is 14.6. The second-order valence-corrected chi connectivity index (χ2v) is 12.7. The van der Waals surface area contributed by atoms with E-state index in [0.717, 1.165) is 29.5 Å². The predicted molar refractivity (Wildman–Crippen MR) is 157 cm³/mol. The van der Waals surface area contributed by atoms with Crippen molar-refractivity contribution in [1.82, 2.24) is 19.2 Å². The van der Waals surface area contributed by atoms with E-state index in [-0.39, 0.29) is 27.8 Å². The van der Waals surface area contributed by atoms with E-state index in [0.29, 0.717) is 23.2 Å². The molecule has 1 saturated heterocycles. The third-order valence-corrected chi connectivity index (χ3v) is 8.63. The van der Waals surface area contributed by atoms with E-state index in [2.05, 4.69) is 50.6 Å². The number of ether oxygens (including phenoxy) is 1. The van der Waals surface area contributed by atoms with Gasteiger partial charge >= 0.3 is 0 Å². The average molecular weight is 574 g/mol. The second kappa shape index (κ2) is 12.0. The van der Waals surface area contributed by atoms with Gasteiger partial charge in [-0.3, -0.25) is 0 Å². The number of rotatable bonds is 10. The highest BCUT2D eigenvalue weighted by Crippen LogP contribution is 2.35. The summed E-state index contributed by atoms with van der Waals surface area (Å²) in [7, 11) is 3.51. The zero-order valence-corrected chi connectivity index (χ0v) is 24.7. The Kier molecular flexibility index (Phi) is 8.85. The van der Waals surface area contributed by atoms with Crippen molar-refractivity contribution in [3.05, 3.63) is 53.7 Å². The smallest absolute Gasteiger partial charge is 0.244 e. The summed E-state index contributed by atoms with van der Waals surface area (Å²) in [4.78, 5) is 13.6. The zero-order chi connectivity index (χ0) is 28.3. The molecule has 1 aliphatic heterocycles. The maximum Gasteiger partial charge on any atom is 0.244 e. The number of nitrogens with zero attached hydrogens (tertiary/aromatic N) is 5. The van der Waals surface area contributed by atoms with Crippen LogP contribution in [-0.4, -0.2) is 81.0 Å². The fourth-order valence-electron chi connectivity index (χ4n) is 4.31. The number of benzene rings is 2. The first-order valence-electron chi connectivity index (χ1n) is 12.8. The molecule has 0 aliphatic carbocycles. The molecule has 0 amide bonds. The summed E-state index contributed by atoms with van der Waals surface area (Å²) in [6.07, 6.45) is 2.54. The summed E-state index contributed by atoms with van der Waals surface area (Å²) in [5.41, 5.74) is 2.16. The van der Waals surface area contributed by atoms with Crippen LogP contribution in [0.15, 0.2) is 53.6 Å². The normalized spacial score (nSPS) is 15.8. The molecule has 1 aromatic heterocycles. The van der Waals surface area contributed by atoms with Crippen LogP contribution in [0.4, 0.5) is 28.8 Å². The molecular formula is C27H36ClN7O3S. The Morgan fingerprint density at radius 1 is 1.08 bits per heavy atom. The Morgan fingerprint density at radius 2 is 1.82 bits per heavy atom. The predicted octanol–water partition coefficient (Wildman–Crippen LogP) is 4.80. The Morgan fingerprint density at radius 3 is 2.49 bits per heavy atom. The van der Waals surface area contributed by atoms with Gasteiger partial charge in [-0.25, -0.2) is 17.7 Å². The minimum atomic E-state index is -3.69. The molecule has 2 heterocycles. The largest absolute Gasteiger partial charge is 0.489 e. The quantitative estimate of drug-likeness (QED) is 0.354. The first-order chi connectivity index (χ1) is 18.5. The lowest BCUT2D eigenvalue weighted by Gasteiger charge is -2.23. The second-order valence-electron chi connectivity index (χ2n) is 10.1. The highest BCUT2D eigenvalue weighted by molar-refractivity contribution is 7.89. The summed E-state index contributed by atoms with van der Waals surface area (Å²) in [5.74, 6) is 1.24. The average Bonchev–Trinajstić information content (AvgIpc) is 3.38. The van der Waals surface area contributed by atoms with Crippen LogP contribution in [0, 0.1) is 0 Å². The summed E-state index contributed by atoms with van der Waals surface area (Å²) < 4.78 is 33.0. The fraction of sp³-hybridized carbons (Fsp3) is 0.407. The number of para-hydroxylation sites is 1. The molecule has 39 heavy (non-hydrogen) atoms. The van der Waals surface area contributed by atoms with Crippen molar-refractivity contribution in [2.45, 2.75) is 37.3 Å². The van der Waals surface area contributed by atoms with Crippen LogP contribution >= 0.6 is 11.6 Å². The van der Waals surface area contributed by atoms with Gasteiger partial charge < -0.3 is 25.2 Å². The molecule has 2 N–H and O–H groups in total. The molecular weight excluding hydrogens is 538 g/mol. The lowest BCUT2D eigenvalue weighted by Crippen LogP contribution is -2.31. The van der Waals surface area contributed by atoms with Crippen molar-refractivity contribution in [3.63, 3.8) is 0 Å². The van der Waals surface area contributed by atoms with Gasteiger partial charge in [0.15, 0.2) is 5.82 Å². The molecule has 0 bridgehead atoms. The molecule has 12 heteroatoms. The number of aromatic nitrogens is 2. The molecule has 210 valence electrons. The number of hydrogen-bond donors (Lipinski definition) is 2. The van der Waals surface area contributed by atoms with E-state index in [1.54, 1.807) is 18.2 Å². The summed E-state index contributed by atoms with van der Waals surface area (Å²) in [6, 6.07) is 13.2. The number of hydrogen-bond acceptors (Lipinski definition) is 9. The van der Waals surface area contributed by atoms with Crippen LogP contribution in [-0.2, 0) is 10.0 Å². The van der Waals surface area contributed by atoms with E-state index >= 15 is 0 Å². The molecule has 0 unspecified atom stereocenters. The van der Waals surface area contributed by atoms with Crippen LogP contribution in [0.25, 0.3) is 0 Å². The number of halogens is 1. The maximum absolute atomic E-state index is 12.8. The SMILES string of the molecule is CC(C)Oc1cc(N2CC[C@H](N(C)C)C2)ccc1Nc1ncc(Cl)c(Nc2ccccc2S(=O)(=O)N(C)C)n1. The van der Waals surface area contributed by atoms with Crippen molar-refractivity contribution < 1.29 is 13.2 Å². The Balaban J connectivity index is 1.61. The monoisotopic (exact) mass is 573 g/mol. The van der Waals surface area contributed by atoms with Gasteiger partial charge in [-0.05, 0) is 58.6 Å². The Hall–Kier alpha value is -3.12. The van der Waals surface area contributed by atoms with Gasteiger partial charge in [-0.15, -0.1) is 0 Å². The van der Waals surface area contributed by atoms with Crippen LogP contribution in [0.2, 0.25) is 5.02 Å². The van der Waals surface area contributed by atoms with Gasteiger partial charge in [0.25, 0.3) is 0 Å². The lowest BCUT2D eigenvalue weighted by molar-refractivity contribution is 0.244. The first kappa shape index (κ1) is 28.9. The maximum atomic E-state index is 12.8. The van der Waals surface area contributed by atoms with Gasteiger partial charge in [0.2, 0.25) is 16.0 Å². The van der Waals surface area contributed by atoms with Gasteiger partial charge in [-0.2, -0.15) is 4.98 Å². The third kappa shape index (κ3) is 6.73. The van der Waals surface area contributed by atoms with Crippen molar-refractivity contribution in [3.8, 4) is 5.75 Å². The molecule has 0 radical (unpaired) electrons. The molecule has 0 saturated carbocycles. The van der Waals surface area contributed by atoms with Crippen LogP contribution in [0.5, 0.6) is 5.75 Å². The molecule has 1 atom stereocenters. The molecule has 3 aromatic rings. The van der Waals surface area contributed by atoms with Gasteiger partial charge in [0, 0.05) is 45.0 Å². The molecule has 0 spiro atoms. The summed E-state index contributed by atoms with van der Waals surface area (Å²) >= 11 is 6.40. The summed E-state index contributed by atoms with van der Waals surface area (Å²) in [5, 5.41) is 6.55. The van der Waals surface area contributed by atoms with Gasteiger partial charge in [-0.1, -0.05) is 23.7 Å². The van der Waals surface area contributed by atoms with Crippen molar-refractivity contribution in [2.24, 2.45) is 0 Å². The number of likely N-dealkylation sites (N-methyl/N-ethyl adjacent to an activating group) is 1. The molecule has 2 aromatic carbocycles. The highest BCUT2D eigenvalue weighted by atomic mass is 35.5. The zero-order valence-electron chi connectivity index (χ0n) is 23.1. The van der Waals surface area contributed by atoms with Crippen LogP contribution in [0.1, 0.15) is 20.3 Å². The highest BCUT2D eigenvalue weighted by Gasteiger charge is 2.25. The number of anilines is 5. The van der Waals surface area contributed by atoms with Gasteiger partial charge in [0.1, 0.15) is 15.7 Å². The fourth-order valence-corrected chi connectivity index (χ4v) is 5.49. The van der Waals surface area contributed by atoms with Crippen molar-refractivity contribution in [1.29, 1.82) is 0 Å². The van der Waals surface area contributed by atoms with Crippen molar-refractivity contribution in [2.75, 3.05) is 56.8 Å². The van der Waals surface area contributed by atoms with Crippen LogP contribution in [0.3, 0.4) is 0 Å². The molecule has 4 rings (SSSR count). The standard InChI is InChI=1S/C27H36ClN7O3S/c1-18(2)38-24-15-19(35-14-13-20(17-35)33(3)4)11-12-22(24)31-27-29-16-21(28)26(32-27)30-23-9-7-8-10-25(23)39(36,37)34(5)6/h7-12,15-16,18,20H,13-14,17H2,1-6H3,(H2,29,30,31,32)/t20-/m0/s1. The minimum Gasteiger partial charge on any atom is -0.489 e. The Bertz CT molecular complexity index is 1420. The van der Waals surface area contributed by atoms with E-state index in [4.69, 9.17) is 16.3 Å². The Labute approximate surface area is 236 Å². The minimum absolute atomic E-state index is 0.0348. The molecule has 10 nitrogen and oxygen atoms in total. The molecule has 1 aliphatic rings. The third-order valence-electron chi connectivity index (χ3n) is 6.48. The number of sulfonamides is 1. The van der Waals surface area contributed by atoms with Crippen LogP contribution < -0.4 is 20.3 Å².